The minimum absolute atomic E-state index is 0.804. The summed E-state index contributed by atoms with van der Waals surface area (Å²) in [6, 6.07) is 0.814. The lowest BCUT2D eigenvalue weighted by atomic mass is 9.97. The van der Waals surface area contributed by atoms with Crippen LogP contribution in [0.3, 0.4) is 0 Å². The minimum Gasteiger partial charge on any atom is -0.304 e. The van der Waals surface area contributed by atoms with Crippen molar-refractivity contribution >= 4 is 0 Å². The second-order valence-corrected chi connectivity index (χ2v) is 4.94. The van der Waals surface area contributed by atoms with Crippen LogP contribution in [0.25, 0.3) is 0 Å². The Labute approximate surface area is 89.3 Å². The molecule has 1 unspecified atom stereocenters. The molecule has 0 aliphatic carbocycles. The predicted molar refractivity (Wildman–Crippen MR) is 62.6 cm³/mol. The maximum atomic E-state index is 2.69. The lowest BCUT2D eigenvalue weighted by Gasteiger charge is -2.39. The Morgan fingerprint density at radius 1 is 1.07 bits per heavy atom. The molecule has 0 spiro atoms. The van der Waals surface area contributed by atoms with Crippen LogP contribution in [-0.4, -0.2) is 49.1 Å². The van der Waals surface area contributed by atoms with Crippen LogP contribution in [-0.2, 0) is 0 Å². The maximum Gasteiger partial charge on any atom is 0.0119 e. The van der Waals surface area contributed by atoms with Crippen molar-refractivity contribution in [3.05, 3.63) is 0 Å². The summed E-state index contributed by atoms with van der Waals surface area (Å²) in [7, 11) is 2.22. The molecule has 0 radical (unpaired) electrons. The lowest BCUT2D eigenvalue weighted by molar-refractivity contribution is 0.0831. The smallest absolute Gasteiger partial charge is 0.0119 e. The van der Waals surface area contributed by atoms with Gasteiger partial charge < -0.3 is 4.90 Å². The Bertz CT molecular complexity index is 148. The number of nitrogens with zero attached hydrogens (tertiary/aromatic N) is 2. The summed E-state index contributed by atoms with van der Waals surface area (Å²) in [6.07, 6.45) is 2.68. The van der Waals surface area contributed by atoms with Crippen molar-refractivity contribution in [3.63, 3.8) is 0 Å². The second kappa shape index (κ2) is 5.72. The van der Waals surface area contributed by atoms with Gasteiger partial charge in [0.25, 0.3) is 0 Å². The van der Waals surface area contributed by atoms with Crippen LogP contribution in [0.4, 0.5) is 0 Å². The van der Waals surface area contributed by atoms with E-state index in [1.165, 1.54) is 39.0 Å². The monoisotopic (exact) mass is 198 g/mol. The van der Waals surface area contributed by atoms with Gasteiger partial charge in [-0.15, -0.1) is 0 Å². The van der Waals surface area contributed by atoms with Crippen LogP contribution in [0.1, 0.15) is 33.6 Å². The molecule has 0 amide bonds. The first kappa shape index (κ1) is 12.0. The van der Waals surface area contributed by atoms with Gasteiger partial charge in [-0.05, 0) is 19.4 Å². The number of hydrogen-bond donors (Lipinski definition) is 0. The summed E-state index contributed by atoms with van der Waals surface area (Å²) >= 11 is 0. The Morgan fingerprint density at radius 2 is 1.64 bits per heavy atom. The molecule has 1 fully saturated rings. The first-order valence-electron chi connectivity index (χ1n) is 6.07. The van der Waals surface area contributed by atoms with Crippen LogP contribution in [0, 0.1) is 5.92 Å². The molecule has 2 heteroatoms. The first-order valence-corrected chi connectivity index (χ1v) is 6.07. The molecule has 0 aromatic heterocycles. The largest absolute Gasteiger partial charge is 0.304 e. The lowest BCUT2D eigenvalue weighted by Crippen LogP contribution is -2.50. The molecule has 1 atom stereocenters. The van der Waals surface area contributed by atoms with Crippen LogP contribution < -0.4 is 0 Å². The highest BCUT2D eigenvalue weighted by Crippen LogP contribution is 2.17. The van der Waals surface area contributed by atoms with E-state index in [2.05, 4.69) is 37.6 Å². The molecule has 0 bridgehead atoms. The molecule has 2 nitrogen and oxygen atoms in total. The van der Waals surface area contributed by atoms with E-state index < -0.39 is 0 Å². The summed E-state index contributed by atoms with van der Waals surface area (Å²) in [4.78, 5) is 5.12. The summed E-state index contributed by atoms with van der Waals surface area (Å²) in [5, 5.41) is 0. The molecule has 1 rings (SSSR count). The quantitative estimate of drug-likeness (QED) is 0.682. The van der Waals surface area contributed by atoms with Crippen molar-refractivity contribution in [2.75, 3.05) is 33.2 Å². The molecular weight excluding hydrogens is 172 g/mol. The van der Waals surface area contributed by atoms with Gasteiger partial charge in [0.15, 0.2) is 0 Å². The van der Waals surface area contributed by atoms with Crippen molar-refractivity contribution < 1.29 is 0 Å². The van der Waals surface area contributed by atoms with Crippen LogP contribution in [0.2, 0.25) is 0 Å². The van der Waals surface area contributed by atoms with E-state index in [0.29, 0.717) is 0 Å². The van der Waals surface area contributed by atoms with E-state index in [1.807, 2.05) is 0 Å². The fourth-order valence-electron chi connectivity index (χ4n) is 2.39. The molecule has 84 valence electrons. The Kier molecular flexibility index (Phi) is 4.90. The van der Waals surface area contributed by atoms with Gasteiger partial charge in [-0.1, -0.05) is 27.2 Å². The van der Waals surface area contributed by atoms with E-state index >= 15 is 0 Å². The third-order valence-electron chi connectivity index (χ3n) is 3.36. The van der Waals surface area contributed by atoms with Gasteiger partial charge in [-0.25, -0.2) is 0 Å². The zero-order valence-electron chi connectivity index (χ0n) is 10.3. The molecule has 0 aromatic carbocycles. The second-order valence-electron chi connectivity index (χ2n) is 4.94. The van der Waals surface area contributed by atoms with Crippen LogP contribution in [0.15, 0.2) is 0 Å². The van der Waals surface area contributed by atoms with E-state index in [4.69, 9.17) is 0 Å². The number of hydrogen-bond acceptors (Lipinski definition) is 2. The summed E-state index contributed by atoms with van der Waals surface area (Å²) in [5.74, 6) is 0.804. The highest BCUT2D eigenvalue weighted by Gasteiger charge is 2.23. The first-order chi connectivity index (χ1) is 6.65. The molecule has 0 aromatic rings. The SMILES string of the molecule is CCCC(C(C)C)N1CCN(C)CC1. The predicted octanol–water partition coefficient (Wildman–Crippen LogP) is 2.06. The number of rotatable bonds is 4. The third-order valence-corrected chi connectivity index (χ3v) is 3.36. The van der Waals surface area contributed by atoms with Crippen molar-refractivity contribution in [2.45, 2.75) is 39.7 Å². The van der Waals surface area contributed by atoms with E-state index in [0.717, 1.165) is 12.0 Å². The number of likely N-dealkylation sites (N-methyl/N-ethyl adjacent to an activating group) is 1. The molecule has 1 saturated heterocycles. The summed E-state index contributed by atoms with van der Waals surface area (Å²) in [6.45, 7) is 12.0. The molecule has 0 N–H and O–H groups in total. The molecule has 1 aliphatic heterocycles. The topological polar surface area (TPSA) is 6.48 Å². The van der Waals surface area contributed by atoms with Gasteiger partial charge in [0.1, 0.15) is 0 Å². The fraction of sp³-hybridized carbons (Fsp3) is 1.00. The normalized spacial score (nSPS) is 22.9. The van der Waals surface area contributed by atoms with E-state index in [1.54, 1.807) is 0 Å². The van der Waals surface area contributed by atoms with Crippen molar-refractivity contribution in [2.24, 2.45) is 5.92 Å². The van der Waals surface area contributed by atoms with Gasteiger partial charge in [0, 0.05) is 32.2 Å². The van der Waals surface area contributed by atoms with Gasteiger partial charge in [-0.3, -0.25) is 4.90 Å². The molecule has 14 heavy (non-hydrogen) atoms. The zero-order valence-corrected chi connectivity index (χ0v) is 10.3. The standard InChI is InChI=1S/C12H26N2/c1-5-6-12(11(2)3)14-9-7-13(4)8-10-14/h11-12H,5-10H2,1-4H3. The number of piperazine rings is 1. The zero-order chi connectivity index (χ0) is 10.6. The molecule has 0 saturated carbocycles. The average Bonchev–Trinajstić information content (AvgIpc) is 2.15. The molecule has 1 heterocycles. The summed E-state index contributed by atoms with van der Waals surface area (Å²) in [5.41, 5.74) is 0. The Balaban J connectivity index is 2.43. The summed E-state index contributed by atoms with van der Waals surface area (Å²) < 4.78 is 0. The van der Waals surface area contributed by atoms with Crippen molar-refractivity contribution in [1.29, 1.82) is 0 Å². The van der Waals surface area contributed by atoms with Crippen LogP contribution in [0.5, 0.6) is 0 Å². The Hall–Kier alpha value is -0.0800. The van der Waals surface area contributed by atoms with E-state index in [9.17, 15) is 0 Å². The van der Waals surface area contributed by atoms with E-state index in [-0.39, 0.29) is 0 Å². The third kappa shape index (κ3) is 3.25. The molecular formula is C12H26N2. The van der Waals surface area contributed by atoms with Gasteiger partial charge >= 0.3 is 0 Å². The van der Waals surface area contributed by atoms with Gasteiger partial charge in [-0.2, -0.15) is 0 Å². The Morgan fingerprint density at radius 3 is 2.07 bits per heavy atom. The fourth-order valence-corrected chi connectivity index (χ4v) is 2.39. The van der Waals surface area contributed by atoms with Gasteiger partial charge in [0.05, 0.1) is 0 Å². The minimum atomic E-state index is 0.804. The van der Waals surface area contributed by atoms with Crippen LogP contribution >= 0.6 is 0 Å². The average molecular weight is 198 g/mol. The van der Waals surface area contributed by atoms with Crippen molar-refractivity contribution in [3.8, 4) is 0 Å². The highest BCUT2D eigenvalue weighted by atomic mass is 15.3. The van der Waals surface area contributed by atoms with Crippen molar-refractivity contribution in [1.82, 2.24) is 9.80 Å². The molecule has 1 aliphatic rings. The van der Waals surface area contributed by atoms with Gasteiger partial charge in [0.2, 0.25) is 0 Å². The highest BCUT2D eigenvalue weighted by molar-refractivity contribution is 4.79. The maximum absolute atomic E-state index is 2.69.